The van der Waals surface area contributed by atoms with Gasteiger partial charge in [0, 0.05) is 20.3 Å². The normalized spacial score (nSPS) is 9.46. The minimum Gasteiger partial charge on any atom is -0.407 e. The molecule has 0 saturated heterocycles. The van der Waals surface area contributed by atoms with Gasteiger partial charge in [0.25, 0.3) is 0 Å². The zero-order valence-electron chi connectivity index (χ0n) is 7.32. The van der Waals surface area contributed by atoms with Crippen molar-refractivity contribution < 1.29 is 9.53 Å². The lowest BCUT2D eigenvalue weighted by molar-refractivity contribution is 0.171. The highest BCUT2D eigenvalue weighted by atomic mass is 127. The Hall–Kier alpha value is -0.850. The number of amides is 1. The number of carbonyl (C=O) groups excluding carboxylic acids is 1. The fourth-order valence-corrected chi connectivity index (χ4v) is 1.08. The van der Waals surface area contributed by atoms with Gasteiger partial charge in [-0.15, -0.1) is 0 Å². The summed E-state index contributed by atoms with van der Waals surface area (Å²) in [5.74, 6) is 0.488. The van der Waals surface area contributed by atoms with Gasteiger partial charge >= 0.3 is 6.09 Å². The molecule has 13 heavy (non-hydrogen) atoms. The second kappa shape index (κ2) is 4.40. The predicted octanol–water partition coefficient (Wildman–Crippen LogP) is 1.75. The first-order valence-corrected chi connectivity index (χ1v) is 4.69. The first-order chi connectivity index (χ1) is 6.11. The lowest BCUT2D eigenvalue weighted by atomic mass is 10.5. The van der Waals surface area contributed by atoms with Crippen LogP contribution in [0.2, 0.25) is 0 Å². The maximum Gasteiger partial charge on any atom is 0.414 e. The summed E-state index contributed by atoms with van der Waals surface area (Å²) in [6.07, 6.45) is 1.25. The van der Waals surface area contributed by atoms with E-state index in [1.165, 1.54) is 4.90 Å². The van der Waals surface area contributed by atoms with E-state index in [9.17, 15) is 4.79 Å². The molecule has 0 aliphatic carbocycles. The minimum absolute atomic E-state index is 0.397. The van der Waals surface area contributed by atoms with Gasteiger partial charge in [-0.2, -0.15) is 0 Å². The van der Waals surface area contributed by atoms with E-state index in [2.05, 4.69) is 4.98 Å². The van der Waals surface area contributed by atoms with E-state index >= 15 is 0 Å². The number of rotatable bonds is 1. The Balaban J connectivity index is 2.75. The maximum absolute atomic E-state index is 11.1. The maximum atomic E-state index is 11.1. The van der Waals surface area contributed by atoms with Gasteiger partial charge in [-0.1, -0.05) is 0 Å². The van der Waals surface area contributed by atoms with Gasteiger partial charge in [0.05, 0.1) is 0 Å². The third kappa shape index (κ3) is 2.83. The minimum atomic E-state index is -0.397. The van der Waals surface area contributed by atoms with Gasteiger partial charge in [-0.05, 0) is 34.7 Å². The van der Waals surface area contributed by atoms with Crippen LogP contribution in [0.15, 0.2) is 18.3 Å². The van der Waals surface area contributed by atoms with Gasteiger partial charge in [-0.3, -0.25) is 0 Å². The first kappa shape index (κ1) is 10.2. The molecule has 1 amide bonds. The van der Waals surface area contributed by atoms with Crippen LogP contribution in [-0.2, 0) is 0 Å². The molecule has 1 heterocycles. The van der Waals surface area contributed by atoms with E-state index in [0.29, 0.717) is 9.45 Å². The van der Waals surface area contributed by atoms with Gasteiger partial charge in [0.15, 0.2) is 5.75 Å². The molecule has 0 saturated carbocycles. The summed E-state index contributed by atoms with van der Waals surface area (Å²) in [5, 5.41) is 0. The summed E-state index contributed by atoms with van der Waals surface area (Å²) >= 11 is 2.01. The molecule has 0 aromatic carbocycles. The van der Waals surface area contributed by atoms with Crippen molar-refractivity contribution in [3.05, 3.63) is 22.0 Å². The number of ether oxygens (including phenoxy) is 1. The van der Waals surface area contributed by atoms with Crippen LogP contribution in [0.1, 0.15) is 0 Å². The number of pyridine rings is 1. The number of halogens is 1. The fourth-order valence-electron chi connectivity index (χ4n) is 0.633. The topological polar surface area (TPSA) is 42.4 Å². The molecule has 1 aromatic rings. The third-order valence-electron chi connectivity index (χ3n) is 1.29. The molecule has 0 spiro atoms. The molecular formula is C8H9IN2O2. The Morgan fingerprint density at radius 1 is 1.62 bits per heavy atom. The molecule has 70 valence electrons. The Kier molecular flexibility index (Phi) is 3.47. The number of aromatic nitrogens is 1. The van der Waals surface area contributed by atoms with Crippen molar-refractivity contribution in [3.8, 4) is 5.75 Å². The zero-order chi connectivity index (χ0) is 9.84. The summed E-state index contributed by atoms with van der Waals surface area (Å²) in [5.41, 5.74) is 0. The fraction of sp³-hybridized carbons (Fsp3) is 0.250. The second-order valence-electron chi connectivity index (χ2n) is 2.55. The predicted molar refractivity (Wildman–Crippen MR) is 56.7 cm³/mol. The van der Waals surface area contributed by atoms with Crippen molar-refractivity contribution in [2.45, 2.75) is 0 Å². The number of hydrogen-bond donors (Lipinski definition) is 0. The molecule has 0 N–H and O–H groups in total. The molecule has 0 aliphatic rings. The summed E-state index contributed by atoms with van der Waals surface area (Å²) < 4.78 is 5.70. The number of nitrogens with zero attached hydrogens (tertiary/aromatic N) is 2. The van der Waals surface area contributed by atoms with Crippen LogP contribution < -0.4 is 4.74 Å². The van der Waals surface area contributed by atoms with Crippen molar-refractivity contribution in [1.29, 1.82) is 0 Å². The number of carbonyl (C=O) groups is 1. The van der Waals surface area contributed by atoms with E-state index in [1.807, 2.05) is 22.6 Å². The highest BCUT2D eigenvalue weighted by molar-refractivity contribution is 14.1. The lowest BCUT2D eigenvalue weighted by Crippen LogP contribution is -2.25. The monoisotopic (exact) mass is 292 g/mol. The quantitative estimate of drug-likeness (QED) is 0.585. The Bertz CT molecular complexity index is 315. The van der Waals surface area contributed by atoms with Crippen molar-refractivity contribution in [2.75, 3.05) is 14.1 Å². The van der Waals surface area contributed by atoms with Crippen molar-refractivity contribution in [2.24, 2.45) is 0 Å². The highest BCUT2D eigenvalue weighted by Gasteiger charge is 2.08. The van der Waals surface area contributed by atoms with Gasteiger partial charge in [-0.25, -0.2) is 9.78 Å². The lowest BCUT2D eigenvalue weighted by Gasteiger charge is -2.10. The molecule has 5 heteroatoms. The highest BCUT2D eigenvalue weighted by Crippen LogP contribution is 2.17. The Labute approximate surface area is 90.0 Å². The molecule has 0 fully saturated rings. The van der Waals surface area contributed by atoms with Crippen molar-refractivity contribution in [3.63, 3.8) is 0 Å². The second-order valence-corrected chi connectivity index (χ2v) is 3.58. The molecule has 1 rings (SSSR count). The summed E-state index contributed by atoms with van der Waals surface area (Å²) in [7, 11) is 3.26. The molecule has 1 aromatic heterocycles. The molecule has 0 atom stereocenters. The molecule has 0 radical (unpaired) electrons. The molecular weight excluding hydrogens is 283 g/mol. The van der Waals surface area contributed by atoms with E-state index < -0.39 is 6.09 Å². The van der Waals surface area contributed by atoms with Gasteiger partial charge in [0.1, 0.15) is 3.70 Å². The average molecular weight is 292 g/mol. The van der Waals surface area contributed by atoms with Crippen LogP contribution in [0.25, 0.3) is 0 Å². The van der Waals surface area contributed by atoms with Crippen molar-refractivity contribution >= 4 is 28.7 Å². The van der Waals surface area contributed by atoms with Gasteiger partial charge < -0.3 is 9.64 Å². The Morgan fingerprint density at radius 2 is 2.31 bits per heavy atom. The largest absolute Gasteiger partial charge is 0.414 e. The molecule has 0 bridgehead atoms. The van der Waals surface area contributed by atoms with E-state index in [0.717, 1.165) is 0 Å². The first-order valence-electron chi connectivity index (χ1n) is 3.61. The van der Waals surface area contributed by atoms with Crippen LogP contribution in [0.4, 0.5) is 4.79 Å². The molecule has 0 aliphatic heterocycles. The van der Waals surface area contributed by atoms with E-state index in [1.54, 1.807) is 32.4 Å². The smallest absolute Gasteiger partial charge is 0.407 e. The van der Waals surface area contributed by atoms with Crippen LogP contribution >= 0.6 is 22.6 Å². The summed E-state index contributed by atoms with van der Waals surface area (Å²) in [6.45, 7) is 0. The van der Waals surface area contributed by atoms with Gasteiger partial charge in [0.2, 0.25) is 0 Å². The SMILES string of the molecule is CN(C)C(=O)Oc1cccnc1I. The van der Waals surface area contributed by atoms with Crippen LogP contribution in [0.5, 0.6) is 5.75 Å². The zero-order valence-corrected chi connectivity index (χ0v) is 9.48. The third-order valence-corrected chi connectivity index (χ3v) is 2.10. The molecule has 0 unspecified atom stereocenters. The van der Waals surface area contributed by atoms with E-state index in [4.69, 9.17) is 4.74 Å². The number of hydrogen-bond acceptors (Lipinski definition) is 3. The van der Waals surface area contributed by atoms with Crippen LogP contribution in [0, 0.1) is 3.70 Å². The van der Waals surface area contributed by atoms with E-state index in [-0.39, 0.29) is 0 Å². The van der Waals surface area contributed by atoms with Crippen LogP contribution in [-0.4, -0.2) is 30.1 Å². The Morgan fingerprint density at radius 3 is 2.85 bits per heavy atom. The summed E-state index contributed by atoms with van der Waals surface area (Å²) in [4.78, 5) is 16.5. The van der Waals surface area contributed by atoms with Crippen LogP contribution in [0.3, 0.4) is 0 Å². The average Bonchev–Trinajstić information content (AvgIpc) is 2.08. The summed E-state index contributed by atoms with van der Waals surface area (Å²) in [6, 6.07) is 3.43. The standard InChI is InChI=1S/C8H9IN2O2/c1-11(2)8(12)13-6-4-3-5-10-7(6)9/h3-5H,1-2H3. The van der Waals surface area contributed by atoms with Crippen molar-refractivity contribution in [1.82, 2.24) is 9.88 Å². The molecule has 4 nitrogen and oxygen atoms in total.